The Bertz CT molecular complexity index is 770. The van der Waals surface area contributed by atoms with Crippen molar-refractivity contribution in [3.8, 4) is 22.8 Å². The Morgan fingerprint density at radius 1 is 0.880 bits per heavy atom. The zero-order chi connectivity index (χ0) is 17.5. The molecule has 136 valence electrons. The highest BCUT2D eigenvalue weighted by Crippen LogP contribution is 2.34. The SMILES string of the molecule is C.CC.CCCc1cc(OC)cc2cc(-c3ccc(OC)cc3)oc12. The first-order valence-corrected chi connectivity index (χ1v) is 8.50. The minimum atomic E-state index is 0. The van der Waals surface area contributed by atoms with Gasteiger partial charge in [-0.3, -0.25) is 0 Å². The van der Waals surface area contributed by atoms with E-state index in [1.165, 1.54) is 5.56 Å². The van der Waals surface area contributed by atoms with Gasteiger partial charge in [-0.1, -0.05) is 34.6 Å². The van der Waals surface area contributed by atoms with Crippen LogP contribution in [0.2, 0.25) is 0 Å². The van der Waals surface area contributed by atoms with E-state index < -0.39 is 0 Å². The molecule has 0 fully saturated rings. The molecule has 25 heavy (non-hydrogen) atoms. The van der Waals surface area contributed by atoms with E-state index >= 15 is 0 Å². The van der Waals surface area contributed by atoms with Crippen molar-refractivity contribution >= 4 is 11.0 Å². The van der Waals surface area contributed by atoms with E-state index in [9.17, 15) is 0 Å². The number of furan rings is 1. The average molecular weight is 342 g/mol. The largest absolute Gasteiger partial charge is 0.497 e. The van der Waals surface area contributed by atoms with Gasteiger partial charge in [-0.2, -0.15) is 0 Å². The Balaban J connectivity index is 0.00000101. The van der Waals surface area contributed by atoms with Gasteiger partial charge in [-0.05, 0) is 54.4 Å². The Hall–Kier alpha value is -2.42. The molecule has 3 aromatic rings. The highest BCUT2D eigenvalue weighted by atomic mass is 16.5. The quantitative estimate of drug-likeness (QED) is 0.515. The Morgan fingerprint density at radius 3 is 2.08 bits per heavy atom. The fourth-order valence-electron chi connectivity index (χ4n) is 2.67. The predicted octanol–water partition coefficient (Wildman–Crippen LogP) is 6.73. The maximum atomic E-state index is 6.11. The van der Waals surface area contributed by atoms with E-state index in [1.807, 2.05) is 44.2 Å². The minimum Gasteiger partial charge on any atom is -0.497 e. The number of hydrogen-bond acceptors (Lipinski definition) is 3. The Kier molecular flexibility index (Phi) is 8.06. The molecular weight excluding hydrogens is 312 g/mol. The summed E-state index contributed by atoms with van der Waals surface area (Å²) in [6.07, 6.45) is 2.05. The van der Waals surface area contributed by atoms with Crippen LogP contribution in [0.1, 0.15) is 40.2 Å². The first kappa shape index (κ1) is 20.6. The zero-order valence-electron chi connectivity index (χ0n) is 15.2. The van der Waals surface area contributed by atoms with Crippen LogP contribution in [0.25, 0.3) is 22.3 Å². The molecule has 0 atom stereocenters. The molecule has 3 heteroatoms. The van der Waals surface area contributed by atoms with Crippen molar-refractivity contribution in [1.29, 1.82) is 0 Å². The molecule has 0 aliphatic carbocycles. The van der Waals surface area contributed by atoms with Crippen LogP contribution >= 0.6 is 0 Å². The smallest absolute Gasteiger partial charge is 0.138 e. The summed E-state index contributed by atoms with van der Waals surface area (Å²) in [5, 5.41) is 1.08. The van der Waals surface area contributed by atoms with Crippen LogP contribution in [-0.2, 0) is 6.42 Å². The van der Waals surface area contributed by atoms with Crippen LogP contribution in [0.3, 0.4) is 0 Å². The molecule has 0 N–H and O–H groups in total. The van der Waals surface area contributed by atoms with Gasteiger partial charge in [0, 0.05) is 10.9 Å². The van der Waals surface area contributed by atoms with E-state index in [0.717, 1.165) is 46.6 Å². The second-order valence-corrected chi connectivity index (χ2v) is 5.29. The van der Waals surface area contributed by atoms with Gasteiger partial charge in [-0.25, -0.2) is 0 Å². The monoisotopic (exact) mass is 342 g/mol. The molecular formula is C22H30O3. The first-order chi connectivity index (χ1) is 11.7. The van der Waals surface area contributed by atoms with Crippen LogP contribution in [0.15, 0.2) is 46.9 Å². The summed E-state index contributed by atoms with van der Waals surface area (Å²) < 4.78 is 16.7. The fraction of sp³-hybridized carbons (Fsp3) is 0.364. The number of hydrogen-bond donors (Lipinski definition) is 0. The molecule has 1 aromatic heterocycles. The lowest BCUT2D eigenvalue weighted by atomic mass is 10.1. The highest BCUT2D eigenvalue weighted by molar-refractivity contribution is 5.86. The third kappa shape index (κ3) is 4.56. The van der Waals surface area contributed by atoms with Crippen molar-refractivity contribution in [1.82, 2.24) is 0 Å². The predicted molar refractivity (Wildman–Crippen MR) is 107 cm³/mol. The van der Waals surface area contributed by atoms with Crippen molar-refractivity contribution in [3.63, 3.8) is 0 Å². The molecule has 0 spiro atoms. The molecule has 0 amide bonds. The van der Waals surface area contributed by atoms with Gasteiger partial charge in [0.15, 0.2) is 0 Å². The molecule has 0 aliphatic rings. The molecule has 0 radical (unpaired) electrons. The van der Waals surface area contributed by atoms with Crippen LogP contribution in [0, 0.1) is 0 Å². The lowest BCUT2D eigenvalue weighted by Crippen LogP contribution is -1.88. The number of methoxy groups -OCH3 is 2. The number of fused-ring (bicyclic) bond motifs is 1. The average Bonchev–Trinajstić information content (AvgIpc) is 3.08. The lowest BCUT2D eigenvalue weighted by molar-refractivity contribution is 0.414. The summed E-state index contributed by atoms with van der Waals surface area (Å²) in [4.78, 5) is 0. The zero-order valence-corrected chi connectivity index (χ0v) is 15.2. The van der Waals surface area contributed by atoms with E-state index in [2.05, 4.69) is 19.1 Å². The van der Waals surface area contributed by atoms with Gasteiger partial charge < -0.3 is 13.9 Å². The topological polar surface area (TPSA) is 31.6 Å². The molecule has 0 bridgehead atoms. The number of ether oxygens (including phenoxy) is 2. The van der Waals surface area contributed by atoms with Gasteiger partial charge in [0.2, 0.25) is 0 Å². The van der Waals surface area contributed by atoms with Gasteiger partial charge >= 0.3 is 0 Å². The van der Waals surface area contributed by atoms with Gasteiger partial charge in [0.1, 0.15) is 22.8 Å². The van der Waals surface area contributed by atoms with Gasteiger partial charge in [0.25, 0.3) is 0 Å². The molecule has 0 unspecified atom stereocenters. The van der Waals surface area contributed by atoms with Crippen LogP contribution in [0.5, 0.6) is 11.5 Å². The summed E-state index contributed by atoms with van der Waals surface area (Å²) >= 11 is 0. The summed E-state index contributed by atoms with van der Waals surface area (Å²) in [7, 11) is 3.36. The van der Waals surface area contributed by atoms with Crippen molar-refractivity contribution in [2.24, 2.45) is 0 Å². The summed E-state index contributed by atoms with van der Waals surface area (Å²) in [6, 6.07) is 14.0. The van der Waals surface area contributed by atoms with E-state index in [1.54, 1.807) is 14.2 Å². The summed E-state index contributed by atoms with van der Waals surface area (Å²) in [5.41, 5.74) is 3.18. The maximum absolute atomic E-state index is 6.11. The summed E-state index contributed by atoms with van der Waals surface area (Å²) in [6.45, 7) is 6.17. The van der Waals surface area contributed by atoms with Crippen molar-refractivity contribution in [3.05, 3.63) is 48.0 Å². The first-order valence-electron chi connectivity index (χ1n) is 8.50. The maximum Gasteiger partial charge on any atom is 0.138 e. The molecule has 3 nitrogen and oxygen atoms in total. The molecule has 0 aliphatic heterocycles. The fourth-order valence-corrected chi connectivity index (χ4v) is 2.67. The van der Waals surface area contributed by atoms with Gasteiger partial charge in [0.05, 0.1) is 14.2 Å². The van der Waals surface area contributed by atoms with Crippen LogP contribution < -0.4 is 9.47 Å². The third-order valence-electron chi connectivity index (χ3n) is 3.80. The summed E-state index contributed by atoms with van der Waals surface area (Å²) in [5.74, 6) is 2.58. The second-order valence-electron chi connectivity index (χ2n) is 5.29. The van der Waals surface area contributed by atoms with Crippen molar-refractivity contribution in [2.45, 2.75) is 41.0 Å². The van der Waals surface area contributed by atoms with E-state index in [4.69, 9.17) is 13.9 Å². The third-order valence-corrected chi connectivity index (χ3v) is 3.80. The standard InChI is InChI=1S/C19H20O3.C2H6.CH4/c1-4-5-14-10-17(21-3)11-15-12-18(22-19(14)15)13-6-8-16(20-2)9-7-13;1-2;/h6-12H,4-5H2,1-3H3;1-2H3;1H4. The number of rotatable bonds is 5. The van der Waals surface area contributed by atoms with Crippen LogP contribution in [0.4, 0.5) is 0 Å². The van der Waals surface area contributed by atoms with Crippen LogP contribution in [-0.4, -0.2) is 14.2 Å². The molecule has 2 aromatic carbocycles. The van der Waals surface area contributed by atoms with Crippen molar-refractivity contribution in [2.75, 3.05) is 14.2 Å². The molecule has 0 saturated carbocycles. The van der Waals surface area contributed by atoms with Crippen molar-refractivity contribution < 1.29 is 13.9 Å². The van der Waals surface area contributed by atoms with E-state index in [0.29, 0.717) is 0 Å². The minimum absolute atomic E-state index is 0. The van der Waals surface area contributed by atoms with E-state index in [-0.39, 0.29) is 7.43 Å². The second kappa shape index (κ2) is 9.77. The number of benzene rings is 2. The van der Waals surface area contributed by atoms with Gasteiger partial charge in [-0.15, -0.1) is 0 Å². The Labute approximate surface area is 151 Å². The molecule has 0 saturated heterocycles. The molecule has 1 heterocycles. The number of aryl methyl sites for hydroxylation is 1. The Morgan fingerprint density at radius 2 is 1.52 bits per heavy atom. The lowest BCUT2D eigenvalue weighted by Gasteiger charge is -2.04. The molecule has 3 rings (SSSR count). The normalized spacial score (nSPS) is 9.80. The highest BCUT2D eigenvalue weighted by Gasteiger charge is 2.12.